The molecular weight excluding hydrogens is 146 g/mol. The van der Waals surface area contributed by atoms with Crippen molar-refractivity contribution in [1.29, 1.82) is 0 Å². The summed E-state index contributed by atoms with van der Waals surface area (Å²) in [6, 6.07) is 0. The summed E-state index contributed by atoms with van der Waals surface area (Å²) < 4.78 is 0. The van der Waals surface area contributed by atoms with Gasteiger partial charge >= 0.3 is 0 Å². The van der Waals surface area contributed by atoms with Crippen LogP contribution in [-0.4, -0.2) is 13.6 Å². The van der Waals surface area contributed by atoms with E-state index in [0.29, 0.717) is 0 Å². The summed E-state index contributed by atoms with van der Waals surface area (Å²) in [6.07, 6.45) is 9.12. The lowest BCUT2D eigenvalue weighted by Crippen LogP contribution is -2.14. The zero-order valence-electron chi connectivity index (χ0n) is 8.18. The molecule has 2 rings (SSSR count). The topological polar surface area (TPSA) is 12.0 Å². The van der Waals surface area contributed by atoms with Crippen molar-refractivity contribution in [2.24, 2.45) is 17.8 Å². The first-order chi connectivity index (χ1) is 5.90. The molecule has 3 unspecified atom stereocenters. The van der Waals surface area contributed by atoms with Gasteiger partial charge in [0.15, 0.2) is 0 Å². The molecule has 2 fully saturated rings. The van der Waals surface area contributed by atoms with Crippen LogP contribution in [0.1, 0.15) is 38.5 Å². The van der Waals surface area contributed by atoms with E-state index in [0.717, 1.165) is 17.8 Å². The van der Waals surface area contributed by atoms with Crippen LogP contribution in [-0.2, 0) is 0 Å². The predicted molar refractivity (Wildman–Crippen MR) is 52.1 cm³/mol. The molecule has 1 nitrogen and oxygen atoms in total. The molecule has 12 heavy (non-hydrogen) atoms. The summed E-state index contributed by atoms with van der Waals surface area (Å²) in [6.45, 7) is 1.22. The first-order valence-corrected chi connectivity index (χ1v) is 5.54. The van der Waals surface area contributed by atoms with Crippen molar-refractivity contribution in [2.45, 2.75) is 38.5 Å². The molecular formula is C11H21N. The third-order valence-electron chi connectivity index (χ3n) is 3.89. The average Bonchev–Trinajstić information content (AvgIpc) is 2.65. The Labute approximate surface area is 75.9 Å². The van der Waals surface area contributed by atoms with Crippen LogP contribution < -0.4 is 5.32 Å². The fourth-order valence-electron chi connectivity index (χ4n) is 3.27. The minimum atomic E-state index is 1.11. The molecule has 1 N–H and O–H groups in total. The maximum absolute atomic E-state index is 3.24. The third kappa shape index (κ3) is 1.66. The summed E-state index contributed by atoms with van der Waals surface area (Å²) in [5, 5.41) is 3.24. The van der Waals surface area contributed by atoms with E-state index in [1.54, 1.807) is 25.7 Å². The van der Waals surface area contributed by atoms with Gasteiger partial charge in [0.2, 0.25) is 0 Å². The average molecular weight is 167 g/mol. The molecule has 0 saturated heterocycles. The van der Waals surface area contributed by atoms with Gasteiger partial charge in [-0.05, 0) is 63.5 Å². The van der Waals surface area contributed by atoms with Gasteiger partial charge in [-0.2, -0.15) is 0 Å². The smallest absolute Gasteiger partial charge is 0.00518 e. The van der Waals surface area contributed by atoms with E-state index in [1.165, 1.54) is 19.4 Å². The van der Waals surface area contributed by atoms with Crippen LogP contribution >= 0.6 is 0 Å². The van der Waals surface area contributed by atoms with Crippen LogP contribution in [0, 0.1) is 17.8 Å². The minimum Gasteiger partial charge on any atom is -0.320 e. The quantitative estimate of drug-likeness (QED) is 0.634. The van der Waals surface area contributed by atoms with Crippen LogP contribution in [0.2, 0.25) is 0 Å². The summed E-state index contributed by atoms with van der Waals surface area (Å²) in [5.41, 5.74) is 0. The lowest BCUT2D eigenvalue weighted by molar-refractivity contribution is 0.308. The molecule has 0 amide bonds. The summed E-state index contributed by atoms with van der Waals surface area (Å²) in [4.78, 5) is 0. The SMILES string of the molecule is CNCCCC1CC2CCC1C2. The highest BCUT2D eigenvalue weighted by atomic mass is 14.8. The second-order valence-electron chi connectivity index (χ2n) is 4.68. The summed E-state index contributed by atoms with van der Waals surface area (Å²) >= 11 is 0. The number of hydrogen-bond donors (Lipinski definition) is 1. The maximum Gasteiger partial charge on any atom is -0.00518 e. The monoisotopic (exact) mass is 167 g/mol. The molecule has 2 bridgehead atoms. The largest absolute Gasteiger partial charge is 0.320 e. The van der Waals surface area contributed by atoms with Crippen molar-refractivity contribution in [2.75, 3.05) is 13.6 Å². The van der Waals surface area contributed by atoms with E-state index in [2.05, 4.69) is 12.4 Å². The van der Waals surface area contributed by atoms with Gasteiger partial charge in [-0.1, -0.05) is 6.42 Å². The zero-order valence-corrected chi connectivity index (χ0v) is 8.18. The molecule has 3 atom stereocenters. The van der Waals surface area contributed by atoms with Crippen LogP contribution in [0.15, 0.2) is 0 Å². The highest BCUT2D eigenvalue weighted by Crippen LogP contribution is 2.49. The maximum atomic E-state index is 3.24. The Kier molecular flexibility index (Phi) is 2.69. The fraction of sp³-hybridized carbons (Fsp3) is 1.00. The van der Waals surface area contributed by atoms with Crippen molar-refractivity contribution < 1.29 is 0 Å². The van der Waals surface area contributed by atoms with Gasteiger partial charge in [0, 0.05) is 0 Å². The van der Waals surface area contributed by atoms with Gasteiger partial charge < -0.3 is 5.32 Å². The van der Waals surface area contributed by atoms with Gasteiger partial charge in [0.25, 0.3) is 0 Å². The standard InChI is InChI=1S/C11H21N/c1-12-6-2-3-10-7-9-4-5-11(10)8-9/h9-12H,2-8H2,1H3. The van der Waals surface area contributed by atoms with Gasteiger partial charge in [0.05, 0.1) is 0 Å². The molecule has 2 aliphatic rings. The minimum absolute atomic E-state index is 1.11. The van der Waals surface area contributed by atoms with E-state index in [-0.39, 0.29) is 0 Å². The van der Waals surface area contributed by atoms with Crippen LogP contribution in [0.3, 0.4) is 0 Å². The Morgan fingerprint density at radius 3 is 2.75 bits per heavy atom. The number of rotatable bonds is 4. The molecule has 0 radical (unpaired) electrons. The molecule has 0 heterocycles. The van der Waals surface area contributed by atoms with Crippen molar-refractivity contribution in [3.05, 3.63) is 0 Å². The molecule has 0 aliphatic heterocycles. The molecule has 0 spiro atoms. The Bertz CT molecular complexity index is 144. The van der Waals surface area contributed by atoms with Crippen molar-refractivity contribution in [1.82, 2.24) is 5.32 Å². The molecule has 2 aliphatic carbocycles. The molecule has 0 aromatic carbocycles. The van der Waals surface area contributed by atoms with Gasteiger partial charge in [-0.25, -0.2) is 0 Å². The molecule has 70 valence electrons. The summed E-state index contributed by atoms with van der Waals surface area (Å²) in [7, 11) is 2.06. The van der Waals surface area contributed by atoms with Crippen LogP contribution in [0.25, 0.3) is 0 Å². The lowest BCUT2D eigenvalue weighted by atomic mass is 9.85. The second kappa shape index (κ2) is 3.78. The third-order valence-corrected chi connectivity index (χ3v) is 3.89. The predicted octanol–water partition coefficient (Wildman–Crippen LogP) is 2.42. The van der Waals surface area contributed by atoms with Crippen molar-refractivity contribution in [3.63, 3.8) is 0 Å². The van der Waals surface area contributed by atoms with E-state index in [4.69, 9.17) is 0 Å². The van der Waals surface area contributed by atoms with E-state index >= 15 is 0 Å². The molecule has 0 aromatic rings. The summed E-state index contributed by atoms with van der Waals surface area (Å²) in [5.74, 6) is 3.37. The first kappa shape index (κ1) is 8.55. The van der Waals surface area contributed by atoms with E-state index < -0.39 is 0 Å². The van der Waals surface area contributed by atoms with E-state index in [1.807, 2.05) is 0 Å². The van der Waals surface area contributed by atoms with Crippen LogP contribution in [0.5, 0.6) is 0 Å². The Balaban J connectivity index is 1.69. The van der Waals surface area contributed by atoms with Gasteiger partial charge in [-0.3, -0.25) is 0 Å². The number of nitrogens with one attached hydrogen (secondary N) is 1. The first-order valence-electron chi connectivity index (χ1n) is 5.54. The van der Waals surface area contributed by atoms with E-state index in [9.17, 15) is 0 Å². The molecule has 0 aromatic heterocycles. The highest BCUT2D eigenvalue weighted by molar-refractivity contribution is 4.89. The lowest BCUT2D eigenvalue weighted by Gasteiger charge is -2.21. The van der Waals surface area contributed by atoms with Crippen molar-refractivity contribution in [3.8, 4) is 0 Å². The number of fused-ring (bicyclic) bond motifs is 2. The zero-order chi connectivity index (χ0) is 8.39. The molecule has 1 heteroatoms. The van der Waals surface area contributed by atoms with Crippen molar-refractivity contribution >= 4 is 0 Å². The highest BCUT2D eigenvalue weighted by Gasteiger charge is 2.38. The fourth-order valence-corrected chi connectivity index (χ4v) is 3.27. The Morgan fingerprint density at radius 1 is 1.25 bits per heavy atom. The Morgan fingerprint density at radius 2 is 2.17 bits per heavy atom. The van der Waals surface area contributed by atoms with Gasteiger partial charge in [0.1, 0.15) is 0 Å². The van der Waals surface area contributed by atoms with Gasteiger partial charge in [-0.15, -0.1) is 0 Å². The second-order valence-corrected chi connectivity index (χ2v) is 4.68. The Hall–Kier alpha value is -0.0400. The normalized spacial score (nSPS) is 39.2. The number of hydrogen-bond acceptors (Lipinski definition) is 1. The molecule has 2 saturated carbocycles. The van der Waals surface area contributed by atoms with Crippen LogP contribution in [0.4, 0.5) is 0 Å².